The zero-order valence-corrected chi connectivity index (χ0v) is 13.5. The summed E-state index contributed by atoms with van der Waals surface area (Å²) in [5.74, 6) is 0. The van der Waals surface area contributed by atoms with Crippen molar-refractivity contribution in [3.63, 3.8) is 0 Å². The third kappa shape index (κ3) is 3.22. The lowest BCUT2D eigenvalue weighted by atomic mass is 10.1. The van der Waals surface area contributed by atoms with Crippen LogP contribution in [-0.4, -0.2) is 31.9 Å². The van der Waals surface area contributed by atoms with Gasteiger partial charge >= 0.3 is 0 Å². The van der Waals surface area contributed by atoms with Crippen LogP contribution in [0.15, 0.2) is 23.1 Å². The Morgan fingerprint density at radius 2 is 2.00 bits per heavy atom. The average molecular weight is 296 g/mol. The first-order chi connectivity index (χ1) is 9.34. The third-order valence-corrected chi connectivity index (χ3v) is 5.87. The Kier molecular flexibility index (Phi) is 4.52. The van der Waals surface area contributed by atoms with Crippen LogP contribution >= 0.6 is 0 Å². The standard InChI is InChI=1S/C15H24N2O2S/c1-11(2)16-10-13-6-5-7-15(12(13)3)20(18,19)17(4)14-8-9-14/h5-7,11,14,16H,8-10H2,1-4H3. The summed E-state index contributed by atoms with van der Waals surface area (Å²) in [6.45, 7) is 6.75. The zero-order valence-electron chi connectivity index (χ0n) is 12.7. The predicted octanol–water partition coefficient (Wildman–Crippen LogP) is 2.28. The molecule has 1 N–H and O–H groups in total. The first-order valence-electron chi connectivity index (χ1n) is 7.14. The number of nitrogens with zero attached hydrogens (tertiary/aromatic N) is 1. The minimum absolute atomic E-state index is 0.192. The molecule has 1 aromatic carbocycles. The Morgan fingerprint density at radius 1 is 1.35 bits per heavy atom. The summed E-state index contributed by atoms with van der Waals surface area (Å²) in [6.07, 6.45) is 1.95. The van der Waals surface area contributed by atoms with Crippen molar-refractivity contribution < 1.29 is 8.42 Å². The first kappa shape index (κ1) is 15.5. The van der Waals surface area contributed by atoms with E-state index in [0.29, 0.717) is 17.5 Å². The maximum atomic E-state index is 12.6. The quantitative estimate of drug-likeness (QED) is 0.876. The van der Waals surface area contributed by atoms with E-state index < -0.39 is 10.0 Å². The second kappa shape index (κ2) is 5.84. The molecular weight excluding hydrogens is 272 g/mol. The molecular formula is C15H24N2O2S. The Balaban J connectivity index is 2.30. The highest BCUT2D eigenvalue weighted by atomic mass is 32.2. The van der Waals surface area contributed by atoms with Crippen molar-refractivity contribution in [3.05, 3.63) is 29.3 Å². The monoisotopic (exact) mass is 296 g/mol. The minimum atomic E-state index is -3.36. The van der Waals surface area contributed by atoms with E-state index in [2.05, 4.69) is 19.2 Å². The molecule has 4 nitrogen and oxygen atoms in total. The second-order valence-corrected chi connectivity index (χ2v) is 7.79. The maximum absolute atomic E-state index is 12.6. The molecule has 0 amide bonds. The molecule has 0 bridgehead atoms. The molecule has 0 atom stereocenters. The molecule has 5 heteroatoms. The predicted molar refractivity (Wildman–Crippen MR) is 81.1 cm³/mol. The molecule has 1 fully saturated rings. The lowest BCUT2D eigenvalue weighted by molar-refractivity contribution is 0.463. The third-order valence-electron chi connectivity index (χ3n) is 3.82. The molecule has 20 heavy (non-hydrogen) atoms. The van der Waals surface area contributed by atoms with Crippen LogP contribution in [0, 0.1) is 6.92 Å². The molecule has 1 aliphatic rings. The van der Waals surface area contributed by atoms with Crippen LogP contribution < -0.4 is 5.32 Å². The molecule has 2 rings (SSSR count). The van der Waals surface area contributed by atoms with Gasteiger partial charge < -0.3 is 5.32 Å². The van der Waals surface area contributed by atoms with Gasteiger partial charge in [0.1, 0.15) is 0 Å². The van der Waals surface area contributed by atoms with Gasteiger partial charge in [-0.15, -0.1) is 0 Å². The summed E-state index contributed by atoms with van der Waals surface area (Å²) < 4.78 is 26.8. The van der Waals surface area contributed by atoms with Crippen molar-refractivity contribution in [1.29, 1.82) is 0 Å². The Hall–Kier alpha value is -0.910. The molecule has 0 unspecified atom stereocenters. The van der Waals surface area contributed by atoms with Gasteiger partial charge in [-0.25, -0.2) is 8.42 Å². The fourth-order valence-corrected chi connectivity index (χ4v) is 3.92. The number of benzene rings is 1. The molecule has 112 valence electrons. The van der Waals surface area contributed by atoms with Crippen LogP contribution in [0.4, 0.5) is 0 Å². The minimum Gasteiger partial charge on any atom is -0.310 e. The largest absolute Gasteiger partial charge is 0.310 e. The van der Waals surface area contributed by atoms with Gasteiger partial charge in [0.2, 0.25) is 10.0 Å². The Morgan fingerprint density at radius 3 is 2.55 bits per heavy atom. The van der Waals surface area contributed by atoms with Crippen LogP contribution in [0.3, 0.4) is 0 Å². The van der Waals surface area contributed by atoms with Crippen LogP contribution in [0.5, 0.6) is 0 Å². The summed E-state index contributed by atoms with van der Waals surface area (Å²) in [5.41, 5.74) is 1.90. The van der Waals surface area contributed by atoms with Crippen molar-refractivity contribution in [1.82, 2.24) is 9.62 Å². The van der Waals surface area contributed by atoms with Crippen LogP contribution in [-0.2, 0) is 16.6 Å². The molecule has 1 aromatic rings. The molecule has 0 aromatic heterocycles. The summed E-state index contributed by atoms with van der Waals surface area (Å²) in [4.78, 5) is 0.440. The highest BCUT2D eigenvalue weighted by molar-refractivity contribution is 7.89. The summed E-state index contributed by atoms with van der Waals surface area (Å²) in [5, 5.41) is 3.34. The van der Waals surface area contributed by atoms with Gasteiger partial charge in [-0.3, -0.25) is 0 Å². The summed E-state index contributed by atoms with van der Waals surface area (Å²) in [7, 11) is -1.68. The molecule has 1 saturated carbocycles. The number of nitrogens with one attached hydrogen (secondary N) is 1. The van der Waals surface area contributed by atoms with Gasteiger partial charge in [0.05, 0.1) is 4.90 Å². The van der Waals surface area contributed by atoms with Gasteiger partial charge in [0, 0.05) is 25.7 Å². The smallest absolute Gasteiger partial charge is 0.243 e. The molecule has 0 spiro atoms. The number of hydrogen-bond acceptors (Lipinski definition) is 3. The Labute approximate surface area is 122 Å². The van der Waals surface area contributed by atoms with E-state index in [1.807, 2.05) is 19.1 Å². The average Bonchev–Trinajstić information content (AvgIpc) is 3.20. The van der Waals surface area contributed by atoms with E-state index in [0.717, 1.165) is 24.0 Å². The SMILES string of the molecule is Cc1c(CNC(C)C)cccc1S(=O)(=O)N(C)C1CC1. The second-order valence-electron chi connectivity index (χ2n) is 5.83. The maximum Gasteiger partial charge on any atom is 0.243 e. The molecule has 1 aliphatic carbocycles. The molecule has 0 aliphatic heterocycles. The lowest BCUT2D eigenvalue weighted by Crippen LogP contribution is -2.30. The van der Waals surface area contributed by atoms with Gasteiger partial charge in [-0.05, 0) is 37.0 Å². The van der Waals surface area contributed by atoms with E-state index >= 15 is 0 Å². The number of rotatable bonds is 6. The zero-order chi connectivity index (χ0) is 14.9. The fourth-order valence-electron chi connectivity index (χ4n) is 2.23. The van der Waals surface area contributed by atoms with Gasteiger partial charge in [-0.1, -0.05) is 26.0 Å². The topological polar surface area (TPSA) is 49.4 Å². The van der Waals surface area contributed by atoms with E-state index in [-0.39, 0.29) is 6.04 Å². The number of hydrogen-bond donors (Lipinski definition) is 1. The van der Waals surface area contributed by atoms with E-state index in [1.165, 1.54) is 4.31 Å². The van der Waals surface area contributed by atoms with Crippen LogP contribution in [0.1, 0.15) is 37.8 Å². The van der Waals surface area contributed by atoms with Crippen LogP contribution in [0.25, 0.3) is 0 Å². The van der Waals surface area contributed by atoms with Gasteiger partial charge in [0.15, 0.2) is 0 Å². The highest BCUT2D eigenvalue weighted by Gasteiger charge is 2.35. The number of sulfonamides is 1. The van der Waals surface area contributed by atoms with Crippen molar-refractivity contribution in [2.75, 3.05) is 7.05 Å². The van der Waals surface area contributed by atoms with Crippen molar-refractivity contribution in [2.45, 2.75) is 57.1 Å². The van der Waals surface area contributed by atoms with E-state index in [1.54, 1.807) is 13.1 Å². The normalized spacial score (nSPS) is 16.1. The van der Waals surface area contributed by atoms with Crippen LogP contribution in [0.2, 0.25) is 0 Å². The molecule has 0 heterocycles. The molecule has 0 radical (unpaired) electrons. The first-order valence-corrected chi connectivity index (χ1v) is 8.58. The van der Waals surface area contributed by atoms with Crippen molar-refractivity contribution in [2.24, 2.45) is 0 Å². The lowest BCUT2D eigenvalue weighted by Gasteiger charge is -2.19. The van der Waals surface area contributed by atoms with Crippen molar-refractivity contribution in [3.8, 4) is 0 Å². The highest BCUT2D eigenvalue weighted by Crippen LogP contribution is 2.31. The fraction of sp³-hybridized carbons (Fsp3) is 0.600. The Bertz CT molecular complexity index is 578. The molecule has 0 saturated heterocycles. The van der Waals surface area contributed by atoms with Gasteiger partial charge in [-0.2, -0.15) is 4.31 Å². The summed E-state index contributed by atoms with van der Waals surface area (Å²) in [6, 6.07) is 6.10. The van der Waals surface area contributed by atoms with Crippen molar-refractivity contribution >= 4 is 10.0 Å². The van der Waals surface area contributed by atoms with E-state index in [4.69, 9.17) is 0 Å². The summed E-state index contributed by atoms with van der Waals surface area (Å²) >= 11 is 0. The van der Waals surface area contributed by atoms with E-state index in [9.17, 15) is 8.42 Å². The van der Waals surface area contributed by atoms with Gasteiger partial charge in [0.25, 0.3) is 0 Å².